The Labute approximate surface area is 160 Å². The highest BCUT2D eigenvalue weighted by Crippen LogP contribution is 2.31. The molecule has 1 amide bonds. The molecule has 0 aromatic heterocycles. The third-order valence-electron chi connectivity index (χ3n) is 4.21. The number of benzene rings is 2. The molecule has 1 N–H and O–H groups in total. The highest BCUT2D eigenvalue weighted by atomic mass is 32.2. The fourth-order valence-electron chi connectivity index (χ4n) is 3.02. The molecule has 1 unspecified atom stereocenters. The normalized spacial score (nSPS) is 18.5. The quantitative estimate of drug-likeness (QED) is 0.828. The molecule has 26 heavy (non-hydrogen) atoms. The fourth-order valence-corrected chi connectivity index (χ4v) is 4.01. The molecular weight excluding hydrogens is 364 g/mol. The zero-order valence-electron chi connectivity index (χ0n) is 14.5. The van der Waals surface area contributed by atoms with Crippen LogP contribution < -0.4 is 15.9 Å². The zero-order valence-corrected chi connectivity index (χ0v) is 16.1. The number of hydrogen-bond acceptors (Lipinski definition) is 6. The summed E-state index contributed by atoms with van der Waals surface area (Å²) in [5.74, 6) is 0.701. The van der Waals surface area contributed by atoms with Gasteiger partial charge in [0.05, 0.1) is 5.36 Å². The van der Waals surface area contributed by atoms with Crippen molar-refractivity contribution in [1.82, 2.24) is 10.3 Å². The Hall–Kier alpha value is -2.25. The number of amides is 1. The van der Waals surface area contributed by atoms with E-state index in [-0.39, 0.29) is 12.1 Å². The van der Waals surface area contributed by atoms with Crippen molar-refractivity contribution < 1.29 is 4.79 Å². The number of nitrogens with one attached hydrogen (secondary N) is 1. The minimum absolute atomic E-state index is 0.135. The molecule has 2 heterocycles. The van der Waals surface area contributed by atoms with Gasteiger partial charge in [0, 0.05) is 10.1 Å². The molecule has 2 aliphatic rings. The molecule has 7 heteroatoms. The molecule has 4 rings (SSSR count). The molecule has 5 nitrogen and oxygen atoms in total. The maximum absolute atomic E-state index is 12.8. The molecule has 2 aromatic carbocycles. The van der Waals surface area contributed by atoms with Crippen molar-refractivity contribution in [2.75, 3.05) is 12.0 Å². The molecule has 2 aliphatic heterocycles. The first-order valence-corrected chi connectivity index (χ1v) is 10.6. The first-order chi connectivity index (χ1) is 12.7. The Balaban J connectivity index is 1.90. The number of fused-ring (bicyclic) bond motifs is 2. The van der Waals surface area contributed by atoms with Gasteiger partial charge in [-0.15, -0.1) is 16.9 Å². The van der Waals surface area contributed by atoms with E-state index in [1.807, 2.05) is 31.2 Å². The number of nitrogens with zero attached hydrogens (tertiary/aromatic N) is 3. The van der Waals surface area contributed by atoms with Crippen LogP contribution in [0.2, 0.25) is 0 Å². The third kappa shape index (κ3) is 3.01. The van der Waals surface area contributed by atoms with Crippen LogP contribution in [-0.2, 0) is 4.79 Å². The molecule has 0 bridgehead atoms. The molecule has 1 atom stereocenters. The van der Waals surface area contributed by atoms with Crippen molar-refractivity contribution >= 4 is 40.3 Å². The highest BCUT2D eigenvalue weighted by Gasteiger charge is 2.34. The summed E-state index contributed by atoms with van der Waals surface area (Å²) in [6, 6.07) is 16.0. The minimum Gasteiger partial charge on any atom is -0.298 e. The minimum atomic E-state index is -0.352. The Morgan fingerprint density at radius 3 is 2.65 bits per heavy atom. The van der Waals surface area contributed by atoms with E-state index in [1.54, 1.807) is 16.8 Å². The molecule has 2 aromatic rings. The van der Waals surface area contributed by atoms with Crippen LogP contribution in [0.25, 0.3) is 5.70 Å². The number of carbonyl (C=O) groups excluding carboxylic acids is 1. The van der Waals surface area contributed by atoms with E-state index in [0.29, 0.717) is 10.9 Å². The standard InChI is InChI=1S/C19H18N4OS2/c1-3-26-19-21-18(24)16-14-6-4-5-7-15(14)20-17(23(16)22-19)12-8-10-13(25-2)11-9-12/h4-11,17H,3H2,1-2H3,(H,21,22,24). The molecule has 132 valence electrons. The zero-order chi connectivity index (χ0) is 18.1. The summed E-state index contributed by atoms with van der Waals surface area (Å²) in [6.07, 6.45) is 1.70. The van der Waals surface area contributed by atoms with Gasteiger partial charge in [0.2, 0.25) is 0 Å². The summed E-state index contributed by atoms with van der Waals surface area (Å²) in [6.45, 7) is 2.03. The Morgan fingerprint density at radius 2 is 1.92 bits per heavy atom. The topological polar surface area (TPSA) is 57.1 Å². The van der Waals surface area contributed by atoms with Crippen molar-refractivity contribution in [3.8, 4) is 0 Å². The molecule has 0 saturated carbocycles. The van der Waals surface area contributed by atoms with Gasteiger partial charge in [-0.1, -0.05) is 49.0 Å². The van der Waals surface area contributed by atoms with Crippen molar-refractivity contribution in [3.05, 3.63) is 64.7 Å². The van der Waals surface area contributed by atoms with Gasteiger partial charge in [0.1, 0.15) is 5.70 Å². The van der Waals surface area contributed by atoms with E-state index < -0.39 is 0 Å². The molecule has 0 saturated heterocycles. The smallest absolute Gasteiger partial charge is 0.276 e. The lowest BCUT2D eigenvalue weighted by Crippen LogP contribution is -2.50. The van der Waals surface area contributed by atoms with Gasteiger partial charge in [-0.05, 0) is 35.8 Å². The van der Waals surface area contributed by atoms with Crippen LogP contribution in [0.4, 0.5) is 0 Å². The van der Waals surface area contributed by atoms with Crippen LogP contribution in [0.3, 0.4) is 0 Å². The highest BCUT2D eigenvalue weighted by molar-refractivity contribution is 8.13. The van der Waals surface area contributed by atoms with Gasteiger partial charge in [0.25, 0.3) is 5.91 Å². The van der Waals surface area contributed by atoms with Crippen molar-refractivity contribution in [1.29, 1.82) is 0 Å². The first-order valence-electron chi connectivity index (χ1n) is 8.34. The van der Waals surface area contributed by atoms with Crippen molar-refractivity contribution in [2.45, 2.75) is 18.0 Å². The van der Waals surface area contributed by atoms with E-state index in [9.17, 15) is 4.79 Å². The Morgan fingerprint density at radius 1 is 1.15 bits per heavy atom. The Kier molecular flexibility index (Phi) is 4.74. The monoisotopic (exact) mass is 382 g/mol. The summed E-state index contributed by atoms with van der Waals surface area (Å²) in [5, 5.41) is 11.6. The van der Waals surface area contributed by atoms with Crippen LogP contribution >= 0.6 is 23.5 Å². The van der Waals surface area contributed by atoms with E-state index >= 15 is 0 Å². The summed E-state index contributed by atoms with van der Waals surface area (Å²) < 4.78 is 0. The summed E-state index contributed by atoms with van der Waals surface area (Å²) in [7, 11) is 0. The SMILES string of the molecule is CCSC1=NN2C(=c3ccccc3=NC2c2ccc(SC)cc2)C(=O)N1. The van der Waals surface area contributed by atoms with Gasteiger partial charge in [-0.2, -0.15) is 0 Å². The summed E-state index contributed by atoms with van der Waals surface area (Å²) in [5.41, 5.74) is 1.56. The lowest BCUT2D eigenvalue weighted by Gasteiger charge is -2.34. The van der Waals surface area contributed by atoms with E-state index in [4.69, 9.17) is 4.99 Å². The maximum Gasteiger partial charge on any atom is 0.276 e. The molecular formula is C19H18N4OS2. The summed E-state index contributed by atoms with van der Waals surface area (Å²) in [4.78, 5) is 18.9. The van der Waals surface area contributed by atoms with Crippen LogP contribution in [0.15, 0.2) is 63.5 Å². The van der Waals surface area contributed by atoms with Gasteiger partial charge >= 0.3 is 0 Å². The largest absolute Gasteiger partial charge is 0.298 e. The number of hydrazone groups is 1. The van der Waals surface area contributed by atoms with Crippen molar-refractivity contribution in [3.63, 3.8) is 0 Å². The fraction of sp³-hybridized carbons (Fsp3) is 0.211. The molecule has 0 aliphatic carbocycles. The van der Waals surface area contributed by atoms with E-state index in [0.717, 1.165) is 21.9 Å². The van der Waals surface area contributed by atoms with Gasteiger partial charge in [-0.25, -0.2) is 5.01 Å². The average molecular weight is 383 g/mol. The van der Waals surface area contributed by atoms with Gasteiger partial charge in [-0.3, -0.25) is 15.1 Å². The second-order valence-corrected chi connectivity index (χ2v) is 7.91. The first kappa shape index (κ1) is 17.2. The van der Waals surface area contributed by atoms with Gasteiger partial charge in [0.15, 0.2) is 11.3 Å². The Bertz CT molecular complexity index is 1000. The number of rotatable bonds is 3. The number of para-hydroxylation sites is 1. The lowest BCUT2D eigenvalue weighted by atomic mass is 10.1. The van der Waals surface area contributed by atoms with E-state index in [2.05, 4.69) is 40.9 Å². The number of hydrogen-bond donors (Lipinski definition) is 1. The van der Waals surface area contributed by atoms with Crippen LogP contribution in [-0.4, -0.2) is 28.1 Å². The second kappa shape index (κ2) is 7.17. The van der Waals surface area contributed by atoms with E-state index in [1.165, 1.54) is 16.7 Å². The molecule has 0 radical (unpaired) electrons. The van der Waals surface area contributed by atoms with Crippen LogP contribution in [0.1, 0.15) is 18.7 Å². The predicted molar refractivity (Wildman–Crippen MR) is 107 cm³/mol. The maximum atomic E-state index is 12.8. The molecule has 0 fully saturated rings. The third-order valence-corrected chi connectivity index (χ3v) is 5.70. The van der Waals surface area contributed by atoms with Gasteiger partial charge < -0.3 is 0 Å². The van der Waals surface area contributed by atoms with Crippen molar-refractivity contribution in [2.24, 2.45) is 10.1 Å². The average Bonchev–Trinajstić information content (AvgIpc) is 2.67. The van der Waals surface area contributed by atoms with Crippen LogP contribution in [0.5, 0.6) is 0 Å². The number of carbonyl (C=O) groups is 1. The lowest BCUT2D eigenvalue weighted by molar-refractivity contribution is -0.116. The second-order valence-electron chi connectivity index (χ2n) is 5.78. The summed E-state index contributed by atoms with van der Waals surface area (Å²) >= 11 is 3.21. The predicted octanol–water partition coefficient (Wildman–Crippen LogP) is 2.30. The number of thioether (sulfide) groups is 2. The molecule has 0 spiro atoms. The number of amidine groups is 1. The van der Waals surface area contributed by atoms with Crippen LogP contribution in [0, 0.1) is 0 Å².